The van der Waals surface area contributed by atoms with Crippen molar-refractivity contribution in [1.82, 2.24) is 0 Å². The third kappa shape index (κ3) is 4.65. The van der Waals surface area contributed by atoms with Crippen molar-refractivity contribution >= 4 is 28.9 Å². The smallest absolute Gasteiger partial charge is 0.228 e. The summed E-state index contributed by atoms with van der Waals surface area (Å²) in [5.41, 5.74) is 2.67. The fourth-order valence-electron chi connectivity index (χ4n) is 2.84. The van der Waals surface area contributed by atoms with E-state index in [-0.39, 0.29) is 12.3 Å². The van der Waals surface area contributed by atoms with Gasteiger partial charge in [-0.25, -0.2) is 0 Å². The van der Waals surface area contributed by atoms with Crippen LogP contribution in [0.15, 0.2) is 42.5 Å². The largest absolute Gasteiger partial charge is 0.496 e. The normalized spacial score (nSPS) is 14.2. The van der Waals surface area contributed by atoms with Crippen LogP contribution in [0.4, 0.5) is 11.4 Å². The Bertz CT molecular complexity index is 728. The van der Waals surface area contributed by atoms with Gasteiger partial charge in [-0.2, -0.15) is 0 Å². The molecule has 3 rings (SSSR count). The number of halogens is 1. The van der Waals surface area contributed by atoms with Gasteiger partial charge in [0.2, 0.25) is 5.91 Å². The van der Waals surface area contributed by atoms with Crippen molar-refractivity contribution in [3.8, 4) is 5.75 Å². The molecule has 1 aliphatic rings. The van der Waals surface area contributed by atoms with Crippen LogP contribution in [-0.4, -0.2) is 39.3 Å². The molecule has 132 valence electrons. The van der Waals surface area contributed by atoms with Gasteiger partial charge in [0, 0.05) is 35.1 Å². The fourth-order valence-corrected chi connectivity index (χ4v) is 3.04. The Hall–Kier alpha value is -2.24. The van der Waals surface area contributed by atoms with Crippen molar-refractivity contribution in [2.45, 2.75) is 6.42 Å². The lowest BCUT2D eigenvalue weighted by Gasteiger charge is -2.28. The third-order valence-electron chi connectivity index (χ3n) is 4.12. The van der Waals surface area contributed by atoms with E-state index in [2.05, 4.69) is 10.2 Å². The van der Waals surface area contributed by atoms with Gasteiger partial charge in [-0.05, 0) is 42.5 Å². The molecule has 0 radical (unpaired) electrons. The van der Waals surface area contributed by atoms with Crippen molar-refractivity contribution in [2.75, 3.05) is 43.6 Å². The van der Waals surface area contributed by atoms with Crippen LogP contribution in [-0.2, 0) is 16.0 Å². The molecule has 1 saturated heterocycles. The molecular weight excluding hydrogens is 340 g/mol. The van der Waals surface area contributed by atoms with Gasteiger partial charge in [0.15, 0.2) is 0 Å². The van der Waals surface area contributed by atoms with Gasteiger partial charge < -0.3 is 19.7 Å². The molecule has 0 atom stereocenters. The first-order chi connectivity index (χ1) is 12.2. The summed E-state index contributed by atoms with van der Waals surface area (Å²) in [4.78, 5) is 14.6. The van der Waals surface area contributed by atoms with Gasteiger partial charge in [-0.3, -0.25) is 4.79 Å². The first-order valence-electron chi connectivity index (χ1n) is 8.21. The highest BCUT2D eigenvalue weighted by Crippen LogP contribution is 2.24. The second kappa shape index (κ2) is 8.23. The number of hydrogen-bond donors (Lipinski definition) is 1. The summed E-state index contributed by atoms with van der Waals surface area (Å²) in [6.07, 6.45) is 0.203. The Morgan fingerprint density at radius 2 is 1.92 bits per heavy atom. The molecule has 0 spiro atoms. The summed E-state index contributed by atoms with van der Waals surface area (Å²) >= 11 is 6.01. The van der Waals surface area contributed by atoms with Crippen LogP contribution in [0.5, 0.6) is 5.75 Å². The number of methoxy groups -OCH3 is 1. The molecule has 0 unspecified atom stereocenters. The van der Waals surface area contributed by atoms with E-state index < -0.39 is 0 Å². The summed E-state index contributed by atoms with van der Waals surface area (Å²) in [5, 5.41) is 3.49. The first-order valence-corrected chi connectivity index (χ1v) is 8.58. The molecule has 25 heavy (non-hydrogen) atoms. The quantitative estimate of drug-likeness (QED) is 0.888. The number of rotatable bonds is 5. The number of ether oxygens (including phenoxy) is 2. The Morgan fingerprint density at radius 1 is 1.20 bits per heavy atom. The highest BCUT2D eigenvalue weighted by molar-refractivity contribution is 6.30. The lowest BCUT2D eigenvalue weighted by atomic mass is 10.1. The number of anilines is 2. The zero-order chi connectivity index (χ0) is 17.6. The monoisotopic (exact) mass is 360 g/mol. The molecule has 1 N–H and O–H groups in total. The van der Waals surface area contributed by atoms with Gasteiger partial charge in [-0.15, -0.1) is 0 Å². The van der Waals surface area contributed by atoms with E-state index in [9.17, 15) is 4.79 Å². The molecule has 1 heterocycles. The van der Waals surface area contributed by atoms with E-state index in [1.165, 1.54) is 0 Å². The molecule has 1 aliphatic heterocycles. The minimum Gasteiger partial charge on any atom is -0.496 e. The van der Waals surface area contributed by atoms with E-state index in [1.807, 2.05) is 24.3 Å². The van der Waals surface area contributed by atoms with Crippen molar-refractivity contribution < 1.29 is 14.3 Å². The van der Waals surface area contributed by atoms with Crippen LogP contribution in [0.25, 0.3) is 0 Å². The number of morpholine rings is 1. The Kier molecular flexibility index (Phi) is 5.79. The molecule has 1 amide bonds. The maximum atomic E-state index is 12.3. The first kappa shape index (κ1) is 17.6. The molecule has 0 saturated carbocycles. The van der Waals surface area contributed by atoms with Crippen molar-refractivity contribution in [1.29, 1.82) is 0 Å². The maximum Gasteiger partial charge on any atom is 0.228 e. The zero-order valence-corrected chi connectivity index (χ0v) is 14.9. The molecule has 2 aromatic carbocycles. The van der Waals surface area contributed by atoms with Gasteiger partial charge in [0.25, 0.3) is 0 Å². The number of nitrogens with one attached hydrogen (secondary N) is 1. The summed E-state index contributed by atoms with van der Waals surface area (Å²) in [6.45, 7) is 3.28. The summed E-state index contributed by atoms with van der Waals surface area (Å²) in [5.74, 6) is 0.543. The predicted molar refractivity (Wildman–Crippen MR) is 99.8 cm³/mol. The van der Waals surface area contributed by atoms with Crippen LogP contribution in [0.2, 0.25) is 5.02 Å². The average molecular weight is 361 g/mol. The molecule has 0 bridgehead atoms. The molecule has 2 aromatic rings. The molecular formula is C19H21ClN2O3. The van der Waals surface area contributed by atoms with E-state index in [0.717, 1.165) is 43.2 Å². The maximum absolute atomic E-state index is 12.3. The van der Waals surface area contributed by atoms with E-state index >= 15 is 0 Å². The molecule has 6 heteroatoms. The highest BCUT2D eigenvalue weighted by atomic mass is 35.5. The SMILES string of the molecule is COc1ccc(Cl)cc1CC(=O)Nc1ccc(N2CCOCC2)cc1. The molecule has 5 nitrogen and oxygen atoms in total. The minimum atomic E-state index is -0.111. The summed E-state index contributed by atoms with van der Waals surface area (Å²) in [6, 6.07) is 13.1. The fraction of sp³-hybridized carbons (Fsp3) is 0.316. The van der Waals surface area contributed by atoms with Crippen molar-refractivity contribution in [3.05, 3.63) is 53.1 Å². The Labute approximate surface area is 152 Å². The van der Waals surface area contributed by atoms with Crippen molar-refractivity contribution in [3.63, 3.8) is 0 Å². The number of carbonyl (C=O) groups excluding carboxylic acids is 1. The average Bonchev–Trinajstić information content (AvgIpc) is 2.63. The third-order valence-corrected chi connectivity index (χ3v) is 4.36. The van der Waals surface area contributed by atoms with Gasteiger partial charge in [0.05, 0.1) is 26.7 Å². The van der Waals surface area contributed by atoms with Crippen LogP contribution in [0.1, 0.15) is 5.56 Å². The molecule has 0 aromatic heterocycles. The van der Waals surface area contributed by atoms with E-state index in [1.54, 1.807) is 25.3 Å². The number of amides is 1. The second-order valence-electron chi connectivity index (χ2n) is 5.83. The number of carbonyl (C=O) groups is 1. The topological polar surface area (TPSA) is 50.8 Å². The van der Waals surface area contributed by atoms with E-state index in [0.29, 0.717) is 10.8 Å². The number of benzene rings is 2. The van der Waals surface area contributed by atoms with Crippen LogP contribution in [0.3, 0.4) is 0 Å². The lowest BCUT2D eigenvalue weighted by Crippen LogP contribution is -2.36. The number of hydrogen-bond acceptors (Lipinski definition) is 4. The van der Waals surface area contributed by atoms with Gasteiger partial charge in [-0.1, -0.05) is 11.6 Å². The van der Waals surface area contributed by atoms with Crippen LogP contribution >= 0.6 is 11.6 Å². The van der Waals surface area contributed by atoms with Crippen molar-refractivity contribution in [2.24, 2.45) is 0 Å². The van der Waals surface area contributed by atoms with Crippen LogP contribution < -0.4 is 15.0 Å². The summed E-state index contributed by atoms with van der Waals surface area (Å²) < 4.78 is 10.6. The summed E-state index contributed by atoms with van der Waals surface area (Å²) in [7, 11) is 1.58. The second-order valence-corrected chi connectivity index (χ2v) is 6.26. The Balaban J connectivity index is 1.62. The lowest BCUT2D eigenvalue weighted by molar-refractivity contribution is -0.115. The van der Waals surface area contributed by atoms with E-state index in [4.69, 9.17) is 21.1 Å². The van der Waals surface area contributed by atoms with Crippen LogP contribution in [0, 0.1) is 0 Å². The highest BCUT2D eigenvalue weighted by Gasteiger charge is 2.12. The predicted octanol–water partition coefficient (Wildman–Crippen LogP) is 3.37. The molecule has 0 aliphatic carbocycles. The molecule has 1 fully saturated rings. The number of nitrogens with zero attached hydrogens (tertiary/aromatic N) is 1. The van der Waals surface area contributed by atoms with Gasteiger partial charge in [0.1, 0.15) is 5.75 Å². The minimum absolute atomic E-state index is 0.111. The zero-order valence-electron chi connectivity index (χ0n) is 14.1. The standard InChI is InChI=1S/C19H21ClN2O3/c1-24-18-7-2-15(20)12-14(18)13-19(23)21-16-3-5-17(6-4-16)22-8-10-25-11-9-22/h2-7,12H,8-11,13H2,1H3,(H,21,23). The Morgan fingerprint density at radius 3 is 2.60 bits per heavy atom. The van der Waals surface area contributed by atoms with Gasteiger partial charge >= 0.3 is 0 Å².